The molecule has 0 amide bonds. The molecule has 1 rings (SSSR count). The van der Waals surface area contributed by atoms with E-state index in [9.17, 15) is 4.79 Å². The van der Waals surface area contributed by atoms with E-state index >= 15 is 0 Å². The van der Waals surface area contributed by atoms with E-state index in [1.54, 1.807) is 0 Å². The van der Waals surface area contributed by atoms with Crippen molar-refractivity contribution in [3.05, 3.63) is 28.7 Å². The predicted octanol–water partition coefficient (Wildman–Crippen LogP) is 1.75. The fraction of sp³-hybridized carbons (Fsp3) is 0.300. The van der Waals surface area contributed by atoms with E-state index in [1.165, 1.54) is 0 Å². The number of benzene rings is 1. The third-order valence-corrected chi connectivity index (χ3v) is 2.36. The van der Waals surface area contributed by atoms with E-state index in [4.69, 9.17) is 10.5 Å². The minimum absolute atomic E-state index is 0.0112. The molecule has 0 radical (unpaired) electrons. The number of hydrogen-bond donors (Lipinski definition) is 1. The van der Waals surface area contributed by atoms with Gasteiger partial charge in [-0.3, -0.25) is 4.79 Å². The highest BCUT2D eigenvalue weighted by molar-refractivity contribution is 9.10. The van der Waals surface area contributed by atoms with Crippen molar-refractivity contribution < 1.29 is 9.53 Å². The second-order valence-corrected chi connectivity index (χ2v) is 3.63. The number of nitrogens with two attached hydrogens (primary N) is 1. The molecule has 1 aromatic carbocycles. The Hall–Kier alpha value is -0.870. The van der Waals surface area contributed by atoms with Gasteiger partial charge >= 0.3 is 0 Å². The molecule has 2 N–H and O–H groups in total. The maximum atomic E-state index is 10.9. The molecule has 0 saturated carbocycles. The van der Waals surface area contributed by atoms with Crippen molar-refractivity contribution in [1.29, 1.82) is 0 Å². The van der Waals surface area contributed by atoms with Gasteiger partial charge in [-0.1, -0.05) is 12.1 Å². The van der Waals surface area contributed by atoms with E-state index in [2.05, 4.69) is 15.9 Å². The van der Waals surface area contributed by atoms with Crippen LogP contribution in [-0.2, 0) is 4.79 Å². The van der Waals surface area contributed by atoms with Crippen LogP contribution in [0.15, 0.2) is 28.7 Å². The second-order valence-electron chi connectivity index (χ2n) is 2.77. The molecule has 0 unspecified atom stereocenters. The van der Waals surface area contributed by atoms with Gasteiger partial charge in [-0.25, -0.2) is 0 Å². The average molecular weight is 258 g/mol. The Kier molecular flexibility index (Phi) is 4.62. The Morgan fingerprint density at radius 1 is 1.43 bits per heavy atom. The molecular formula is C10H12BrNO2. The number of Topliss-reactive ketones (excluding diaryl/α,β-unsaturated/α-hetero) is 1. The van der Waals surface area contributed by atoms with Gasteiger partial charge in [0.25, 0.3) is 0 Å². The summed E-state index contributed by atoms with van der Waals surface area (Å²) in [5, 5.41) is 0. The van der Waals surface area contributed by atoms with Gasteiger partial charge in [0, 0.05) is 6.42 Å². The monoisotopic (exact) mass is 257 g/mol. The zero-order valence-corrected chi connectivity index (χ0v) is 9.29. The van der Waals surface area contributed by atoms with Crippen LogP contribution in [0.5, 0.6) is 5.75 Å². The lowest BCUT2D eigenvalue weighted by atomic mass is 10.3. The smallest absolute Gasteiger partial charge is 0.149 e. The molecule has 0 aliphatic heterocycles. The number of carbonyl (C=O) groups excluding carboxylic acids is 1. The summed E-state index contributed by atoms with van der Waals surface area (Å²) in [5.41, 5.74) is 5.17. The number of para-hydroxylation sites is 1. The molecule has 0 aliphatic carbocycles. The van der Waals surface area contributed by atoms with Gasteiger partial charge in [-0.05, 0) is 28.1 Å². The quantitative estimate of drug-likeness (QED) is 0.875. The van der Waals surface area contributed by atoms with Crippen molar-refractivity contribution in [2.75, 3.05) is 13.2 Å². The van der Waals surface area contributed by atoms with E-state index in [1.807, 2.05) is 24.3 Å². The van der Waals surface area contributed by atoms with Crippen LogP contribution in [0.3, 0.4) is 0 Å². The van der Waals surface area contributed by atoms with Gasteiger partial charge in [0.05, 0.1) is 17.6 Å². The molecular weight excluding hydrogens is 246 g/mol. The molecule has 0 aromatic heterocycles. The molecule has 0 saturated heterocycles. The molecule has 3 nitrogen and oxygen atoms in total. The third-order valence-electron chi connectivity index (χ3n) is 1.70. The summed E-state index contributed by atoms with van der Waals surface area (Å²) >= 11 is 3.35. The first kappa shape index (κ1) is 11.2. The first-order valence-electron chi connectivity index (χ1n) is 4.33. The van der Waals surface area contributed by atoms with Gasteiger partial charge in [-0.2, -0.15) is 0 Å². The van der Waals surface area contributed by atoms with Crippen molar-refractivity contribution >= 4 is 21.7 Å². The summed E-state index contributed by atoms with van der Waals surface area (Å²) in [7, 11) is 0. The number of halogens is 1. The van der Waals surface area contributed by atoms with Crippen molar-refractivity contribution in [2.45, 2.75) is 6.42 Å². The zero-order chi connectivity index (χ0) is 10.4. The number of ether oxygens (including phenoxy) is 1. The van der Waals surface area contributed by atoms with Gasteiger partial charge in [0.1, 0.15) is 11.5 Å². The molecule has 4 heteroatoms. The molecule has 76 valence electrons. The predicted molar refractivity (Wildman–Crippen MR) is 58.3 cm³/mol. The molecule has 0 aliphatic rings. The molecule has 0 spiro atoms. The Labute approximate surface area is 91.4 Å². The Bertz CT molecular complexity index is 315. The lowest BCUT2D eigenvalue weighted by Crippen LogP contribution is -2.16. The minimum atomic E-state index is 0.0112. The van der Waals surface area contributed by atoms with Crippen LogP contribution < -0.4 is 10.5 Å². The highest BCUT2D eigenvalue weighted by Crippen LogP contribution is 2.23. The Morgan fingerprint density at radius 3 is 2.79 bits per heavy atom. The zero-order valence-electron chi connectivity index (χ0n) is 7.70. The number of hydrogen-bond acceptors (Lipinski definition) is 3. The van der Waals surface area contributed by atoms with Crippen LogP contribution in [-0.4, -0.2) is 18.9 Å². The summed E-state index contributed by atoms with van der Waals surface area (Å²) in [6.45, 7) is 0.456. The summed E-state index contributed by atoms with van der Waals surface area (Å²) in [6, 6.07) is 7.52. The van der Waals surface area contributed by atoms with Gasteiger partial charge < -0.3 is 10.5 Å². The summed E-state index contributed by atoms with van der Waals surface area (Å²) < 4.78 is 6.28. The van der Waals surface area contributed by atoms with Crippen LogP contribution in [0, 0.1) is 0 Å². The fourth-order valence-corrected chi connectivity index (χ4v) is 1.34. The molecule has 0 fully saturated rings. The summed E-state index contributed by atoms with van der Waals surface area (Å²) in [6.07, 6.45) is 0.359. The van der Waals surface area contributed by atoms with E-state index in [0.29, 0.717) is 13.0 Å². The highest BCUT2D eigenvalue weighted by Gasteiger charge is 2.01. The summed E-state index contributed by atoms with van der Waals surface area (Å²) in [4.78, 5) is 10.9. The lowest BCUT2D eigenvalue weighted by Gasteiger charge is -2.06. The van der Waals surface area contributed by atoms with Crippen LogP contribution >= 0.6 is 15.9 Å². The molecule has 0 atom stereocenters. The van der Waals surface area contributed by atoms with Crippen LogP contribution in [0.2, 0.25) is 0 Å². The topological polar surface area (TPSA) is 52.3 Å². The van der Waals surface area contributed by atoms with E-state index in [0.717, 1.165) is 10.2 Å². The SMILES string of the molecule is NCC(=O)CCOc1ccccc1Br. The average Bonchev–Trinajstić information content (AvgIpc) is 2.20. The van der Waals surface area contributed by atoms with Gasteiger partial charge in [0.15, 0.2) is 0 Å². The highest BCUT2D eigenvalue weighted by atomic mass is 79.9. The van der Waals surface area contributed by atoms with E-state index < -0.39 is 0 Å². The molecule has 1 aromatic rings. The summed E-state index contributed by atoms with van der Waals surface area (Å²) in [5.74, 6) is 0.759. The normalized spacial score (nSPS) is 9.86. The first-order chi connectivity index (χ1) is 6.74. The largest absolute Gasteiger partial charge is 0.492 e. The number of rotatable bonds is 5. The second kappa shape index (κ2) is 5.78. The van der Waals surface area contributed by atoms with Crippen LogP contribution in [0.25, 0.3) is 0 Å². The number of carbonyl (C=O) groups is 1. The molecule has 14 heavy (non-hydrogen) atoms. The van der Waals surface area contributed by atoms with Crippen molar-refractivity contribution in [3.63, 3.8) is 0 Å². The van der Waals surface area contributed by atoms with Crippen LogP contribution in [0.4, 0.5) is 0 Å². The molecule has 0 heterocycles. The maximum Gasteiger partial charge on any atom is 0.149 e. The van der Waals surface area contributed by atoms with Gasteiger partial charge in [0.2, 0.25) is 0 Å². The Balaban J connectivity index is 2.39. The first-order valence-corrected chi connectivity index (χ1v) is 5.12. The Morgan fingerprint density at radius 2 is 2.14 bits per heavy atom. The maximum absolute atomic E-state index is 10.9. The number of ketones is 1. The van der Waals surface area contributed by atoms with Gasteiger partial charge in [-0.15, -0.1) is 0 Å². The molecule has 0 bridgehead atoms. The fourth-order valence-electron chi connectivity index (χ4n) is 0.939. The van der Waals surface area contributed by atoms with Crippen molar-refractivity contribution in [3.8, 4) is 5.75 Å². The standard InChI is InChI=1S/C10H12BrNO2/c11-9-3-1-2-4-10(9)14-6-5-8(13)7-12/h1-4H,5-7,12H2. The van der Waals surface area contributed by atoms with Crippen LogP contribution in [0.1, 0.15) is 6.42 Å². The van der Waals surface area contributed by atoms with Crippen molar-refractivity contribution in [2.24, 2.45) is 5.73 Å². The third kappa shape index (κ3) is 3.47. The van der Waals surface area contributed by atoms with Crippen molar-refractivity contribution in [1.82, 2.24) is 0 Å². The minimum Gasteiger partial charge on any atom is -0.492 e. The lowest BCUT2D eigenvalue weighted by molar-refractivity contribution is -0.118. The van der Waals surface area contributed by atoms with E-state index in [-0.39, 0.29) is 12.3 Å².